The highest BCUT2D eigenvalue weighted by Gasteiger charge is 2.47. The summed E-state index contributed by atoms with van der Waals surface area (Å²) in [5.41, 5.74) is 2.37. The highest BCUT2D eigenvalue weighted by atomic mass is 16.6. The molecule has 0 bridgehead atoms. The molecular weight excluding hydrogens is 444 g/mol. The third-order valence-corrected chi connectivity index (χ3v) is 7.73. The van der Waals surface area contributed by atoms with Crippen LogP contribution in [0.25, 0.3) is 0 Å². The molecule has 0 saturated heterocycles. The largest absolute Gasteiger partial charge is 0.482 e. The molecule has 0 spiro atoms. The van der Waals surface area contributed by atoms with Crippen molar-refractivity contribution < 1.29 is 28.6 Å². The van der Waals surface area contributed by atoms with Crippen LogP contribution in [0.1, 0.15) is 89.2 Å². The Morgan fingerprint density at radius 1 is 0.943 bits per heavy atom. The number of carbonyl (C=O) groups excluding carboxylic acids is 3. The van der Waals surface area contributed by atoms with Crippen molar-refractivity contribution in [1.29, 1.82) is 0 Å². The van der Waals surface area contributed by atoms with Crippen molar-refractivity contribution in [3.8, 4) is 5.75 Å². The molecule has 0 aromatic heterocycles. The van der Waals surface area contributed by atoms with Gasteiger partial charge in [0, 0.05) is 19.3 Å². The fraction of sp³-hybridized carbons (Fsp3) is 0.690. The number of ether oxygens (including phenoxy) is 3. The predicted octanol–water partition coefficient (Wildman–Crippen LogP) is 5.62. The van der Waals surface area contributed by atoms with Crippen molar-refractivity contribution in [2.24, 2.45) is 17.8 Å². The quantitative estimate of drug-likeness (QED) is 0.251. The van der Waals surface area contributed by atoms with E-state index in [0.717, 1.165) is 69.1 Å². The van der Waals surface area contributed by atoms with Crippen LogP contribution in [-0.4, -0.2) is 37.5 Å². The van der Waals surface area contributed by atoms with Crippen molar-refractivity contribution in [3.63, 3.8) is 0 Å². The lowest BCUT2D eigenvalue weighted by molar-refractivity contribution is -0.151. The van der Waals surface area contributed by atoms with Crippen LogP contribution in [0, 0.1) is 17.8 Å². The summed E-state index contributed by atoms with van der Waals surface area (Å²) in [6.07, 6.45) is 9.83. The van der Waals surface area contributed by atoms with E-state index in [1.54, 1.807) is 0 Å². The van der Waals surface area contributed by atoms with Crippen molar-refractivity contribution in [3.05, 3.63) is 29.3 Å². The van der Waals surface area contributed by atoms with E-state index < -0.39 is 5.97 Å². The van der Waals surface area contributed by atoms with Crippen molar-refractivity contribution in [1.82, 2.24) is 0 Å². The highest BCUT2D eigenvalue weighted by molar-refractivity contribution is 5.78. The van der Waals surface area contributed by atoms with Crippen molar-refractivity contribution in [2.75, 3.05) is 13.7 Å². The van der Waals surface area contributed by atoms with E-state index in [1.165, 1.54) is 12.7 Å². The summed E-state index contributed by atoms with van der Waals surface area (Å²) < 4.78 is 16.5. The second-order valence-corrected chi connectivity index (χ2v) is 10.2. The minimum atomic E-state index is -0.403. The molecule has 3 rings (SSSR count). The van der Waals surface area contributed by atoms with Crippen LogP contribution in [-0.2, 0) is 36.7 Å². The number of benzene rings is 1. The molecule has 1 aromatic rings. The van der Waals surface area contributed by atoms with Gasteiger partial charge in [-0.05, 0) is 73.5 Å². The van der Waals surface area contributed by atoms with Crippen molar-refractivity contribution >= 4 is 17.7 Å². The van der Waals surface area contributed by atoms with E-state index in [0.29, 0.717) is 36.9 Å². The summed E-state index contributed by atoms with van der Waals surface area (Å²) in [5.74, 6) is 1.49. The maximum Gasteiger partial charge on any atom is 0.343 e. The topological polar surface area (TPSA) is 78.9 Å². The molecule has 0 heterocycles. The molecule has 194 valence electrons. The molecule has 2 aliphatic carbocycles. The lowest BCUT2D eigenvalue weighted by atomic mass is 9.73. The number of Topliss-reactive ketones (excluding diaryl/α,β-unsaturated/α-hetero) is 1. The summed E-state index contributed by atoms with van der Waals surface area (Å²) in [7, 11) is 1.35. The Balaban J connectivity index is 1.72. The lowest BCUT2D eigenvalue weighted by Crippen LogP contribution is -2.29. The average molecular weight is 487 g/mol. The summed E-state index contributed by atoms with van der Waals surface area (Å²) in [6, 6.07) is 6.01. The number of hydrogen-bond donors (Lipinski definition) is 0. The van der Waals surface area contributed by atoms with E-state index in [9.17, 15) is 14.4 Å². The molecule has 1 saturated carbocycles. The molecule has 6 heteroatoms. The predicted molar refractivity (Wildman–Crippen MR) is 134 cm³/mol. The molecule has 0 aliphatic heterocycles. The van der Waals surface area contributed by atoms with E-state index >= 15 is 0 Å². The van der Waals surface area contributed by atoms with Gasteiger partial charge in [0.25, 0.3) is 0 Å². The standard InChI is InChI=1S/C29H42O6/c1-4-6-8-11-22(30)14-15-23-24-16-20-10-9-12-26(34-19-29(32)33-3)25(20)17-21(24)18-27(23)35-28(31)13-7-5-2/h9-10,12,21,23-24,27H,4-8,11,13-19H2,1-3H3/t21-,23+,24-,27+/m0/s1. The minimum Gasteiger partial charge on any atom is -0.482 e. The van der Waals surface area contributed by atoms with E-state index in [2.05, 4.69) is 19.9 Å². The Bertz CT molecular complexity index is 863. The molecule has 0 radical (unpaired) electrons. The molecule has 0 amide bonds. The SMILES string of the molecule is CCCCCC(=O)CC[C@@H]1[C@H]2Cc3cccc(OCC(=O)OC)c3C[C@H]2C[C@H]1OC(=O)CCCC. The number of methoxy groups -OCH3 is 1. The van der Waals surface area contributed by atoms with Crippen LogP contribution >= 0.6 is 0 Å². The first kappa shape index (κ1) is 27.2. The fourth-order valence-corrected chi connectivity index (χ4v) is 5.82. The van der Waals surface area contributed by atoms with Gasteiger partial charge in [0.2, 0.25) is 0 Å². The molecule has 35 heavy (non-hydrogen) atoms. The lowest BCUT2D eigenvalue weighted by Gasteiger charge is -2.32. The van der Waals surface area contributed by atoms with Gasteiger partial charge in [-0.1, -0.05) is 45.2 Å². The number of carbonyl (C=O) groups is 3. The first-order chi connectivity index (χ1) is 17.0. The number of unbranched alkanes of at least 4 members (excludes halogenated alkanes) is 3. The van der Waals surface area contributed by atoms with Crippen LogP contribution in [0.2, 0.25) is 0 Å². The molecule has 0 unspecified atom stereocenters. The van der Waals surface area contributed by atoms with Gasteiger partial charge in [0.15, 0.2) is 6.61 Å². The molecule has 1 fully saturated rings. The normalized spacial score (nSPS) is 22.7. The zero-order valence-corrected chi connectivity index (χ0v) is 21.7. The van der Waals surface area contributed by atoms with Crippen LogP contribution in [0.5, 0.6) is 5.75 Å². The van der Waals surface area contributed by atoms with Crippen LogP contribution in [0.4, 0.5) is 0 Å². The Kier molecular flexibility index (Phi) is 10.6. The molecule has 0 N–H and O–H groups in total. The molecule has 2 aliphatic rings. The Labute approximate surface area is 210 Å². The maximum atomic E-state index is 12.5. The molecular formula is C29H42O6. The number of hydrogen-bond acceptors (Lipinski definition) is 6. The Hall–Kier alpha value is -2.37. The number of fused-ring (bicyclic) bond motifs is 2. The smallest absolute Gasteiger partial charge is 0.343 e. The zero-order valence-electron chi connectivity index (χ0n) is 21.7. The first-order valence-electron chi connectivity index (χ1n) is 13.5. The van der Waals surface area contributed by atoms with Gasteiger partial charge in [-0.2, -0.15) is 0 Å². The number of ketones is 1. The summed E-state index contributed by atoms with van der Waals surface area (Å²) in [5, 5.41) is 0. The molecule has 6 nitrogen and oxygen atoms in total. The third-order valence-electron chi connectivity index (χ3n) is 7.73. The summed E-state index contributed by atoms with van der Waals surface area (Å²) in [4.78, 5) is 36.6. The van der Waals surface area contributed by atoms with Gasteiger partial charge in [-0.15, -0.1) is 0 Å². The average Bonchev–Trinajstić information content (AvgIpc) is 3.18. The molecule has 1 aromatic carbocycles. The van der Waals surface area contributed by atoms with E-state index in [1.807, 2.05) is 12.1 Å². The van der Waals surface area contributed by atoms with Crippen LogP contribution in [0.3, 0.4) is 0 Å². The van der Waals surface area contributed by atoms with E-state index in [4.69, 9.17) is 14.2 Å². The van der Waals surface area contributed by atoms with Gasteiger partial charge < -0.3 is 14.2 Å². The van der Waals surface area contributed by atoms with Gasteiger partial charge in [-0.3, -0.25) is 9.59 Å². The van der Waals surface area contributed by atoms with Gasteiger partial charge in [0.1, 0.15) is 17.6 Å². The summed E-state index contributed by atoms with van der Waals surface area (Å²) >= 11 is 0. The van der Waals surface area contributed by atoms with Crippen LogP contribution in [0.15, 0.2) is 18.2 Å². The number of esters is 2. The third kappa shape index (κ3) is 7.55. The molecule has 4 atom stereocenters. The van der Waals surface area contributed by atoms with Crippen molar-refractivity contribution in [2.45, 2.75) is 97.0 Å². The minimum absolute atomic E-state index is 0.110. The highest BCUT2D eigenvalue weighted by Crippen LogP contribution is 2.49. The van der Waals surface area contributed by atoms with Gasteiger partial charge >= 0.3 is 11.9 Å². The number of rotatable bonds is 14. The summed E-state index contributed by atoms with van der Waals surface area (Å²) in [6.45, 7) is 4.11. The maximum absolute atomic E-state index is 12.5. The second-order valence-electron chi connectivity index (χ2n) is 10.2. The van der Waals surface area contributed by atoms with Gasteiger partial charge in [0.05, 0.1) is 7.11 Å². The Morgan fingerprint density at radius 2 is 1.74 bits per heavy atom. The van der Waals surface area contributed by atoms with E-state index in [-0.39, 0.29) is 24.6 Å². The van der Waals surface area contributed by atoms with Gasteiger partial charge in [-0.25, -0.2) is 4.79 Å². The Morgan fingerprint density at radius 3 is 2.49 bits per heavy atom. The fourth-order valence-electron chi connectivity index (χ4n) is 5.82. The first-order valence-corrected chi connectivity index (χ1v) is 13.5. The van der Waals surface area contributed by atoms with Crippen LogP contribution < -0.4 is 4.74 Å². The zero-order chi connectivity index (χ0) is 25.2. The second kappa shape index (κ2) is 13.6. The monoisotopic (exact) mass is 486 g/mol.